The maximum Gasteiger partial charge on any atom is 0.255 e. The Morgan fingerprint density at radius 2 is 2.00 bits per heavy atom. The average Bonchev–Trinajstić information content (AvgIpc) is 3.23. The van der Waals surface area contributed by atoms with Crippen molar-refractivity contribution in [2.75, 3.05) is 19.6 Å². The van der Waals surface area contributed by atoms with Crippen molar-refractivity contribution in [3.63, 3.8) is 0 Å². The third-order valence-electron chi connectivity index (χ3n) is 4.69. The Kier molecular flexibility index (Phi) is 3.04. The predicted octanol–water partition coefficient (Wildman–Crippen LogP) is 1.63. The Bertz CT molecular complexity index is 338. The van der Waals surface area contributed by atoms with Crippen molar-refractivity contribution >= 4 is 5.91 Å². The first-order valence-electron chi connectivity index (χ1n) is 6.92. The fourth-order valence-corrected chi connectivity index (χ4v) is 3.33. The molecule has 2 aliphatic carbocycles. The summed E-state index contributed by atoms with van der Waals surface area (Å²) in [5.41, 5.74) is 0.150. The minimum Gasteiger partial charge on any atom is -0.334 e. The number of rotatable bonds is 4. The molecule has 0 aromatic heterocycles. The van der Waals surface area contributed by atoms with Gasteiger partial charge >= 0.3 is 0 Å². The van der Waals surface area contributed by atoms with Crippen molar-refractivity contribution in [3.05, 3.63) is 0 Å². The Morgan fingerprint density at radius 3 is 2.56 bits per heavy atom. The zero-order chi connectivity index (χ0) is 12.8. The number of hydrogen-bond donors (Lipinski definition) is 1. The smallest absolute Gasteiger partial charge is 0.255 e. The highest BCUT2D eigenvalue weighted by Crippen LogP contribution is 2.59. The number of nitrogens with zero attached hydrogens (tertiary/aromatic N) is 1. The van der Waals surface area contributed by atoms with Gasteiger partial charge in [-0.3, -0.25) is 4.79 Å². The third kappa shape index (κ3) is 2.25. The van der Waals surface area contributed by atoms with Gasteiger partial charge in [-0.2, -0.15) is 0 Å². The van der Waals surface area contributed by atoms with Crippen LogP contribution < -0.4 is 5.32 Å². The lowest BCUT2D eigenvalue weighted by Gasteiger charge is -2.27. The van der Waals surface area contributed by atoms with E-state index in [4.69, 9.17) is 0 Å². The topological polar surface area (TPSA) is 32.3 Å². The van der Waals surface area contributed by atoms with Gasteiger partial charge in [0.25, 0.3) is 6.43 Å². The van der Waals surface area contributed by atoms with Crippen LogP contribution >= 0.6 is 0 Å². The van der Waals surface area contributed by atoms with Gasteiger partial charge < -0.3 is 10.2 Å². The van der Waals surface area contributed by atoms with Crippen molar-refractivity contribution in [3.8, 4) is 0 Å². The summed E-state index contributed by atoms with van der Waals surface area (Å²) in [4.78, 5) is 13.8. The van der Waals surface area contributed by atoms with Crippen LogP contribution in [0.3, 0.4) is 0 Å². The van der Waals surface area contributed by atoms with E-state index in [9.17, 15) is 13.6 Å². The quantitative estimate of drug-likeness (QED) is 0.831. The minimum absolute atomic E-state index is 0.000278. The van der Waals surface area contributed by atoms with Crippen LogP contribution in [0.4, 0.5) is 8.78 Å². The number of halogens is 2. The number of hydrogen-bond acceptors (Lipinski definition) is 2. The van der Waals surface area contributed by atoms with Gasteiger partial charge in [0.05, 0.1) is 6.54 Å². The number of carbonyl (C=O) groups is 1. The zero-order valence-corrected chi connectivity index (χ0v) is 10.5. The monoisotopic (exact) mass is 258 g/mol. The van der Waals surface area contributed by atoms with E-state index in [1.54, 1.807) is 0 Å². The Hall–Kier alpha value is -0.710. The highest BCUT2D eigenvalue weighted by Gasteiger charge is 2.59. The molecule has 2 saturated carbocycles. The molecule has 3 rings (SSSR count). The molecule has 0 bridgehead atoms. The van der Waals surface area contributed by atoms with Gasteiger partial charge in [0.2, 0.25) is 5.91 Å². The summed E-state index contributed by atoms with van der Waals surface area (Å²) < 4.78 is 25.1. The van der Waals surface area contributed by atoms with E-state index >= 15 is 0 Å². The number of piperidine rings is 1. The van der Waals surface area contributed by atoms with Crippen LogP contribution in [0.2, 0.25) is 0 Å². The molecule has 1 saturated heterocycles. The van der Waals surface area contributed by atoms with Gasteiger partial charge in [-0.05, 0) is 50.6 Å². The molecule has 0 radical (unpaired) electrons. The van der Waals surface area contributed by atoms with E-state index in [1.807, 2.05) is 0 Å². The van der Waals surface area contributed by atoms with Crippen LogP contribution in [0.15, 0.2) is 0 Å². The van der Waals surface area contributed by atoms with E-state index in [0.717, 1.165) is 45.2 Å². The molecular weight excluding hydrogens is 238 g/mol. The summed E-state index contributed by atoms with van der Waals surface area (Å²) in [7, 11) is 0. The molecule has 3 nitrogen and oxygen atoms in total. The van der Waals surface area contributed by atoms with E-state index in [2.05, 4.69) is 5.32 Å². The summed E-state index contributed by atoms with van der Waals surface area (Å²) in [6, 6.07) is 0.103. The maximum atomic E-state index is 12.5. The van der Waals surface area contributed by atoms with Crippen LogP contribution in [-0.2, 0) is 4.79 Å². The lowest BCUT2D eigenvalue weighted by atomic mass is 9.91. The molecule has 0 aromatic carbocycles. The first-order valence-corrected chi connectivity index (χ1v) is 6.92. The highest BCUT2D eigenvalue weighted by molar-refractivity contribution is 5.83. The lowest BCUT2D eigenvalue weighted by Crippen LogP contribution is -2.40. The largest absolute Gasteiger partial charge is 0.334 e. The number of alkyl halides is 2. The third-order valence-corrected chi connectivity index (χ3v) is 4.69. The molecule has 0 aromatic rings. The van der Waals surface area contributed by atoms with Gasteiger partial charge in [-0.25, -0.2) is 8.78 Å². The van der Waals surface area contributed by atoms with Crippen molar-refractivity contribution in [2.45, 2.75) is 44.6 Å². The molecule has 3 aliphatic rings. The normalized spacial score (nSPS) is 29.6. The molecule has 102 valence electrons. The van der Waals surface area contributed by atoms with Crippen LogP contribution in [0.25, 0.3) is 0 Å². The van der Waals surface area contributed by atoms with Gasteiger partial charge in [0, 0.05) is 12.0 Å². The molecule has 18 heavy (non-hydrogen) atoms. The highest BCUT2D eigenvalue weighted by atomic mass is 19.3. The van der Waals surface area contributed by atoms with Gasteiger partial charge in [0.1, 0.15) is 0 Å². The second-order valence-corrected chi connectivity index (χ2v) is 5.98. The van der Waals surface area contributed by atoms with Gasteiger partial charge in [-0.1, -0.05) is 0 Å². The van der Waals surface area contributed by atoms with Crippen LogP contribution in [0, 0.1) is 11.3 Å². The Labute approximate surface area is 106 Å². The number of amides is 1. The molecule has 1 unspecified atom stereocenters. The Morgan fingerprint density at radius 1 is 1.33 bits per heavy atom. The summed E-state index contributed by atoms with van der Waals surface area (Å²) in [6.45, 7) is 1.55. The van der Waals surface area contributed by atoms with E-state index < -0.39 is 6.43 Å². The zero-order valence-electron chi connectivity index (χ0n) is 10.5. The molecular formula is C13H20F2N2O. The molecule has 1 N–H and O–H groups in total. The van der Waals surface area contributed by atoms with Gasteiger partial charge in [0.15, 0.2) is 0 Å². The van der Waals surface area contributed by atoms with Crippen molar-refractivity contribution in [1.29, 1.82) is 0 Å². The summed E-state index contributed by atoms with van der Waals surface area (Å²) in [5.74, 6) is 0.0265. The van der Waals surface area contributed by atoms with Crippen LogP contribution in [-0.4, -0.2) is 42.9 Å². The summed E-state index contributed by atoms with van der Waals surface area (Å²) in [5, 5.41) is 3.29. The molecule has 1 heterocycles. The van der Waals surface area contributed by atoms with E-state index in [1.165, 1.54) is 4.90 Å². The molecule has 1 spiro atoms. The van der Waals surface area contributed by atoms with Crippen LogP contribution in [0.5, 0.6) is 0 Å². The second-order valence-electron chi connectivity index (χ2n) is 5.98. The van der Waals surface area contributed by atoms with E-state index in [0.29, 0.717) is 0 Å². The first-order chi connectivity index (χ1) is 8.62. The average molecular weight is 258 g/mol. The minimum atomic E-state index is -2.41. The predicted molar refractivity (Wildman–Crippen MR) is 63.4 cm³/mol. The van der Waals surface area contributed by atoms with Crippen molar-refractivity contribution < 1.29 is 13.6 Å². The van der Waals surface area contributed by atoms with Crippen molar-refractivity contribution in [2.24, 2.45) is 11.3 Å². The Balaban J connectivity index is 1.63. The fraction of sp³-hybridized carbons (Fsp3) is 0.923. The summed E-state index contributed by atoms with van der Waals surface area (Å²) in [6.07, 6.45) is 2.37. The fourth-order valence-electron chi connectivity index (χ4n) is 3.33. The van der Waals surface area contributed by atoms with E-state index in [-0.39, 0.29) is 29.8 Å². The lowest BCUT2D eigenvalue weighted by molar-refractivity contribution is -0.136. The van der Waals surface area contributed by atoms with Crippen LogP contribution in [0.1, 0.15) is 32.1 Å². The van der Waals surface area contributed by atoms with Gasteiger partial charge in [-0.15, -0.1) is 0 Å². The molecule has 5 heteroatoms. The maximum absolute atomic E-state index is 12.5. The summed E-state index contributed by atoms with van der Waals surface area (Å²) >= 11 is 0. The second kappa shape index (κ2) is 4.44. The van der Waals surface area contributed by atoms with Crippen molar-refractivity contribution in [1.82, 2.24) is 10.2 Å². The first kappa shape index (κ1) is 12.3. The SMILES string of the molecule is O=C(C1CC12CCNCC2)N(CC(F)F)C1CC1. The molecule has 1 amide bonds. The molecule has 1 aliphatic heterocycles. The molecule has 3 fully saturated rings. The number of carbonyl (C=O) groups excluding carboxylic acids is 1. The molecule has 1 atom stereocenters. The standard InChI is InChI=1S/C13H20F2N2O/c14-11(15)8-17(9-1-2-9)12(18)10-7-13(10)3-5-16-6-4-13/h9-11,16H,1-8H2. The number of nitrogens with one attached hydrogen (secondary N) is 1.